The third-order valence-electron chi connectivity index (χ3n) is 4.12. The lowest BCUT2D eigenvalue weighted by Gasteiger charge is -2.31. The lowest BCUT2D eigenvalue weighted by atomic mass is 9.95. The van der Waals surface area contributed by atoms with Crippen LogP contribution in [0.25, 0.3) is 0 Å². The first-order valence-corrected chi connectivity index (χ1v) is 7.70. The summed E-state index contributed by atoms with van der Waals surface area (Å²) >= 11 is 0. The van der Waals surface area contributed by atoms with Crippen molar-refractivity contribution in [1.82, 2.24) is 4.90 Å². The van der Waals surface area contributed by atoms with Gasteiger partial charge in [-0.15, -0.1) is 0 Å². The van der Waals surface area contributed by atoms with Gasteiger partial charge in [0, 0.05) is 19.5 Å². The molecule has 5 heteroatoms. The van der Waals surface area contributed by atoms with Crippen molar-refractivity contribution in [3.8, 4) is 0 Å². The molecule has 0 bridgehead atoms. The zero-order valence-corrected chi connectivity index (χ0v) is 12.8. The standard InChI is InChI=1S/C17H22FNO3/c1-12(8-13-4-2-6-15(18)10-13)9-16(20)19-7-3-5-14(11-19)17(21)22/h2,4,6,10,12,14H,3,5,7-9,11H2,1H3,(H,21,22)/t12-,14-/m0/s1. The van der Waals surface area contributed by atoms with Crippen LogP contribution in [0, 0.1) is 17.7 Å². The van der Waals surface area contributed by atoms with Gasteiger partial charge in [-0.25, -0.2) is 4.39 Å². The van der Waals surface area contributed by atoms with Gasteiger partial charge in [0.1, 0.15) is 5.82 Å². The van der Waals surface area contributed by atoms with Crippen LogP contribution in [0.1, 0.15) is 31.7 Å². The molecule has 1 aliphatic heterocycles. The normalized spacial score (nSPS) is 19.7. The SMILES string of the molecule is C[C@H](CC(=O)N1CCC[C@H](C(=O)O)C1)Cc1cccc(F)c1. The number of rotatable bonds is 5. The quantitative estimate of drug-likeness (QED) is 0.910. The molecule has 1 N–H and O–H groups in total. The van der Waals surface area contributed by atoms with Crippen molar-refractivity contribution in [2.75, 3.05) is 13.1 Å². The predicted octanol–water partition coefficient (Wildman–Crippen LogP) is 2.72. The van der Waals surface area contributed by atoms with Gasteiger partial charge in [0.2, 0.25) is 5.91 Å². The number of piperidine rings is 1. The van der Waals surface area contributed by atoms with E-state index in [2.05, 4.69) is 0 Å². The zero-order valence-electron chi connectivity index (χ0n) is 12.8. The van der Waals surface area contributed by atoms with Gasteiger partial charge in [0.25, 0.3) is 0 Å². The Balaban J connectivity index is 1.86. The highest BCUT2D eigenvalue weighted by Crippen LogP contribution is 2.20. The number of amides is 1. The van der Waals surface area contributed by atoms with Crippen LogP contribution in [0.4, 0.5) is 4.39 Å². The molecule has 1 amide bonds. The Bertz CT molecular complexity index is 546. The molecule has 1 heterocycles. The molecule has 22 heavy (non-hydrogen) atoms. The first-order chi connectivity index (χ1) is 10.5. The predicted molar refractivity (Wildman–Crippen MR) is 80.8 cm³/mol. The fourth-order valence-corrected chi connectivity index (χ4v) is 2.97. The Kier molecular flexibility index (Phi) is 5.52. The van der Waals surface area contributed by atoms with Crippen LogP contribution in [0.5, 0.6) is 0 Å². The van der Waals surface area contributed by atoms with Crippen molar-refractivity contribution < 1.29 is 19.1 Å². The molecule has 2 atom stereocenters. The van der Waals surface area contributed by atoms with E-state index in [1.807, 2.05) is 13.0 Å². The second-order valence-corrected chi connectivity index (χ2v) is 6.16. The van der Waals surface area contributed by atoms with E-state index in [9.17, 15) is 14.0 Å². The Hall–Kier alpha value is -1.91. The van der Waals surface area contributed by atoms with Gasteiger partial charge >= 0.3 is 5.97 Å². The molecule has 1 aliphatic rings. The number of likely N-dealkylation sites (tertiary alicyclic amines) is 1. The summed E-state index contributed by atoms with van der Waals surface area (Å²) in [6.07, 6.45) is 2.38. The van der Waals surface area contributed by atoms with Crippen LogP contribution in [0.2, 0.25) is 0 Å². The maximum absolute atomic E-state index is 13.2. The van der Waals surface area contributed by atoms with Crippen molar-refractivity contribution in [3.05, 3.63) is 35.6 Å². The van der Waals surface area contributed by atoms with Gasteiger partial charge in [-0.2, -0.15) is 0 Å². The highest BCUT2D eigenvalue weighted by atomic mass is 19.1. The van der Waals surface area contributed by atoms with E-state index >= 15 is 0 Å². The summed E-state index contributed by atoms with van der Waals surface area (Å²) < 4.78 is 13.2. The van der Waals surface area contributed by atoms with Gasteiger partial charge in [0.15, 0.2) is 0 Å². The van der Waals surface area contributed by atoms with Crippen molar-refractivity contribution in [1.29, 1.82) is 0 Å². The molecule has 1 saturated heterocycles. The summed E-state index contributed by atoms with van der Waals surface area (Å²) in [6, 6.07) is 6.41. The highest BCUT2D eigenvalue weighted by molar-refractivity contribution is 5.78. The number of carboxylic acids is 1. The minimum atomic E-state index is -0.828. The number of nitrogens with zero attached hydrogens (tertiary/aromatic N) is 1. The minimum absolute atomic E-state index is 0.00477. The summed E-state index contributed by atoms with van der Waals surface area (Å²) in [5, 5.41) is 9.07. The summed E-state index contributed by atoms with van der Waals surface area (Å²) in [5.41, 5.74) is 0.877. The largest absolute Gasteiger partial charge is 0.481 e. The van der Waals surface area contributed by atoms with Gasteiger partial charge in [-0.05, 0) is 42.9 Å². The number of carbonyl (C=O) groups excluding carboxylic acids is 1. The molecule has 0 aromatic heterocycles. The number of hydrogen-bond donors (Lipinski definition) is 1. The van der Waals surface area contributed by atoms with Crippen LogP contribution >= 0.6 is 0 Å². The fraction of sp³-hybridized carbons (Fsp3) is 0.529. The molecule has 1 aromatic carbocycles. The lowest BCUT2D eigenvalue weighted by molar-refractivity contribution is -0.145. The van der Waals surface area contributed by atoms with Gasteiger partial charge in [-0.3, -0.25) is 9.59 Å². The molecular weight excluding hydrogens is 285 g/mol. The summed E-state index contributed by atoms with van der Waals surface area (Å²) in [7, 11) is 0. The molecule has 1 fully saturated rings. The zero-order chi connectivity index (χ0) is 16.1. The number of benzene rings is 1. The Labute approximate surface area is 129 Å². The van der Waals surface area contributed by atoms with Crippen LogP contribution in [-0.4, -0.2) is 35.0 Å². The Morgan fingerprint density at radius 1 is 1.45 bits per heavy atom. The minimum Gasteiger partial charge on any atom is -0.481 e. The molecule has 0 aliphatic carbocycles. The molecule has 2 rings (SSSR count). The van der Waals surface area contributed by atoms with Crippen molar-refractivity contribution >= 4 is 11.9 Å². The summed E-state index contributed by atoms with van der Waals surface area (Å²) in [4.78, 5) is 25.0. The van der Waals surface area contributed by atoms with Crippen LogP contribution in [0.3, 0.4) is 0 Å². The van der Waals surface area contributed by atoms with Gasteiger partial charge in [-0.1, -0.05) is 19.1 Å². The van der Waals surface area contributed by atoms with E-state index in [4.69, 9.17) is 5.11 Å². The first kappa shape index (κ1) is 16.5. The van der Waals surface area contributed by atoms with E-state index in [1.54, 1.807) is 11.0 Å². The molecular formula is C17H22FNO3. The number of halogens is 1. The smallest absolute Gasteiger partial charge is 0.308 e. The molecule has 4 nitrogen and oxygen atoms in total. The van der Waals surface area contributed by atoms with Crippen LogP contribution < -0.4 is 0 Å². The van der Waals surface area contributed by atoms with E-state index < -0.39 is 11.9 Å². The Morgan fingerprint density at radius 3 is 2.91 bits per heavy atom. The number of carbonyl (C=O) groups is 2. The molecule has 0 saturated carbocycles. The van der Waals surface area contributed by atoms with Gasteiger partial charge < -0.3 is 10.0 Å². The van der Waals surface area contributed by atoms with E-state index in [0.717, 1.165) is 12.0 Å². The van der Waals surface area contributed by atoms with Crippen molar-refractivity contribution in [2.24, 2.45) is 11.8 Å². The fourth-order valence-electron chi connectivity index (χ4n) is 2.97. The Morgan fingerprint density at radius 2 is 2.23 bits per heavy atom. The lowest BCUT2D eigenvalue weighted by Crippen LogP contribution is -2.42. The van der Waals surface area contributed by atoms with E-state index in [-0.39, 0.29) is 17.6 Å². The number of hydrogen-bond acceptors (Lipinski definition) is 2. The molecule has 1 aromatic rings. The number of carboxylic acid groups (broad SMARTS) is 1. The third-order valence-corrected chi connectivity index (χ3v) is 4.12. The molecule has 0 spiro atoms. The van der Waals surface area contributed by atoms with E-state index in [0.29, 0.717) is 32.4 Å². The second kappa shape index (κ2) is 7.38. The van der Waals surface area contributed by atoms with Crippen molar-refractivity contribution in [3.63, 3.8) is 0 Å². The van der Waals surface area contributed by atoms with E-state index in [1.165, 1.54) is 12.1 Å². The average Bonchev–Trinajstić information content (AvgIpc) is 2.47. The average molecular weight is 307 g/mol. The number of aliphatic carboxylic acids is 1. The summed E-state index contributed by atoms with van der Waals surface area (Å²) in [5.74, 6) is -1.45. The summed E-state index contributed by atoms with van der Waals surface area (Å²) in [6.45, 7) is 2.90. The molecule has 0 radical (unpaired) electrons. The maximum atomic E-state index is 13.2. The van der Waals surface area contributed by atoms with Crippen molar-refractivity contribution in [2.45, 2.75) is 32.6 Å². The molecule has 0 unspecified atom stereocenters. The monoisotopic (exact) mass is 307 g/mol. The molecule has 120 valence electrons. The first-order valence-electron chi connectivity index (χ1n) is 7.70. The maximum Gasteiger partial charge on any atom is 0.308 e. The second-order valence-electron chi connectivity index (χ2n) is 6.16. The third kappa shape index (κ3) is 4.55. The van der Waals surface area contributed by atoms with Crippen LogP contribution in [-0.2, 0) is 16.0 Å². The topological polar surface area (TPSA) is 57.6 Å². The van der Waals surface area contributed by atoms with Crippen LogP contribution in [0.15, 0.2) is 24.3 Å². The van der Waals surface area contributed by atoms with Gasteiger partial charge in [0.05, 0.1) is 5.92 Å². The highest BCUT2D eigenvalue weighted by Gasteiger charge is 2.28.